The highest BCUT2D eigenvalue weighted by Gasteiger charge is 2.28. The van der Waals surface area contributed by atoms with Crippen molar-refractivity contribution in [2.75, 3.05) is 7.11 Å². The van der Waals surface area contributed by atoms with E-state index in [0.717, 1.165) is 5.56 Å². The number of carbonyl (C=O) groups is 2. The highest BCUT2D eigenvalue weighted by atomic mass is 16.5. The minimum absolute atomic E-state index is 0.0870. The van der Waals surface area contributed by atoms with Gasteiger partial charge in [0.2, 0.25) is 0 Å². The fourth-order valence-corrected chi connectivity index (χ4v) is 2.99. The number of hydrogen-bond donors (Lipinski definition) is 1. The molecule has 1 N–H and O–H groups in total. The van der Waals surface area contributed by atoms with E-state index in [1.165, 1.54) is 13.2 Å². The summed E-state index contributed by atoms with van der Waals surface area (Å²) in [5.74, 6) is -1.47. The number of aromatic carboxylic acids is 1. The van der Waals surface area contributed by atoms with Crippen LogP contribution in [0.4, 0.5) is 0 Å². The molecule has 3 aromatic rings. The van der Waals surface area contributed by atoms with Gasteiger partial charge in [-0.2, -0.15) is 0 Å². The van der Waals surface area contributed by atoms with Gasteiger partial charge in [0, 0.05) is 5.56 Å². The molecule has 1 atom stereocenters. The first-order valence-corrected chi connectivity index (χ1v) is 8.17. The normalized spacial score (nSPS) is 11.6. The van der Waals surface area contributed by atoms with Crippen LogP contribution in [0.25, 0.3) is 0 Å². The summed E-state index contributed by atoms with van der Waals surface area (Å²) in [5.41, 5.74) is 1.76. The molecule has 3 aromatic carbocycles. The number of carboxylic acid groups (broad SMARTS) is 1. The maximum Gasteiger partial charge on any atom is 0.336 e. The largest absolute Gasteiger partial charge is 0.497 e. The molecule has 4 heteroatoms. The van der Waals surface area contributed by atoms with E-state index < -0.39 is 11.9 Å². The zero-order chi connectivity index (χ0) is 18.5. The van der Waals surface area contributed by atoms with E-state index in [1.54, 1.807) is 36.4 Å². The van der Waals surface area contributed by atoms with Gasteiger partial charge in [0.15, 0.2) is 5.78 Å². The molecule has 0 aliphatic carbocycles. The Morgan fingerprint density at radius 1 is 0.885 bits per heavy atom. The van der Waals surface area contributed by atoms with Gasteiger partial charge in [0.25, 0.3) is 0 Å². The smallest absolute Gasteiger partial charge is 0.336 e. The summed E-state index contributed by atoms with van der Waals surface area (Å²) in [6, 6.07) is 22.8. The molecule has 0 amide bonds. The van der Waals surface area contributed by atoms with Crippen LogP contribution < -0.4 is 4.74 Å². The minimum Gasteiger partial charge on any atom is -0.497 e. The van der Waals surface area contributed by atoms with Gasteiger partial charge in [-0.1, -0.05) is 60.7 Å². The molecule has 0 heterocycles. The molecule has 0 aliphatic rings. The Bertz CT molecular complexity index is 917. The van der Waals surface area contributed by atoms with Crippen molar-refractivity contribution in [3.05, 3.63) is 101 Å². The van der Waals surface area contributed by atoms with E-state index in [0.29, 0.717) is 16.9 Å². The van der Waals surface area contributed by atoms with Crippen molar-refractivity contribution in [2.24, 2.45) is 0 Å². The lowest BCUT2D eigenvalue weighted by Gasteiger charge is -2.20. The zero-order valence-electron chi connectivity index (χ0n) is 14.3. The summed E-state index contributed by atoms with van der Waals surface area (Å²) in [6.45, 7) is 0. The number of Topliss-reactive ketones (excluding diaryl/α,β-unsaturated/α-hetero) is 1. The molecule has 0 saturated carbocycles. The Labute approximate surface area is 151 Å². The van der Waals surface area contributed by atoms with Crippen LogP contribution in [0, 0.1) is 0 Å². The Balaban J connectivity index is 2.22. The molecule has 0 bridgehead atoms. The average molecular weight is 346 g/mol. The topological polar surface area (TPSA) is 63.6 Å². The summed E-state index contributed by atoms with van der Waals surface area (Å²) in [4.78, 5) is 25.1. The van der Waals surface area contributed by atoms with Gasteiger partial charge in [-0.3, -0.25) is 4.79 Å². The van der Waals surface area contributed by atoms with Crippen molar-refractivity contribution in [1.82, 2.24) is 0 Å². The van der Waals surface area contributed by atoms with Crippen LogP contribution in [0.5, 0.6) is 5.75 Å². The van der Waals surface area contributed by atoms with Crippen molar-refractivity contribution in [2.45, 2.75) is 5.92 Å². The van der Waals surface area contributed by atoms with Crippen LogP contribution in [0.2, 0.25) is 0 Å². The maximum absolute atomic E-state index is 13.3. The Morgan fingerprint density at radius 3 is 2.08 bits per heavy atom. The Kier molecular flexibility index (Phi) is 5.13. The second-order valence-electron chi connectivity index (χ2n) is 5.83. The summed E-state index contributed by atoms with van der Waals surface area (Å²) in [5, 5.41) is 9.63. The Morgan fingerprint density at radius 2 is 1.50 bits per heavy atom. The van der Waals surface area contributed by atoms with Crippen molar-refractivity contribution in [3.63, 3.8) is 0 Å². The van der Waals surface area contributed by atoms with Gasteiger partial charge >= 0.3 is 5.97 Å². The summed E-state index contributed by atoms with van der Waals surface area (Å²) in [6.07, 6.45) is 0. The molecule has 0 aromatic heterocycles. The van der Waals surface area contributed by atoms with Crippen molar-refractivity contribution < 1.29 is 19.4 Å². The van der Waals surface area contributed by atoms with Crippen LogP contribution in [0.1, 0.15) is 37.8 Å². The molecule has 26 heavy (non-hydrogen) atoms. The quantitative estimate of drug-likeness (QED) is 0.672. The van der Waals surface area contributed by atoms with Crippen LogP contribution in [0.3, 0.4) is 0 Å². The second-order valence-corrected chi connectivity index (χ2v) is 5.83. The fraction of sp³-hybridized carbons (Fsp3) is 0.0909. The summed E-state index contributed by atoms with van der Waals surface area (Å²) in [7, 11) is 1.51. The maximum atomic E-state index is 13.3. The van der Waals surface area contributed by atoms with Gasteiger partial charge < -0.3 is 9.84 Å². The van der Waals surface area contributed by atoms with E-state index in [2.05, 4.69) is 0 Å². The second kappa shape index (κ2) is 7.66. The highest BCUT2D eigenvalue weighted by molar-refractivity contribution is 6.05. The van der Waals surface area contributed by atoms with E-state index in [4.69, 9.17) is 4.74 Å². The predicted molar refractivity (Wildman–Crippen MR) is 99.0 cm³/mol. The first kappa shape index (κ1) is 17.4. The molecule has 3 rings (SSSR count). The van der Waals surface area contributed by atoms with Gasteiger partial charge in [-0.25, -0.2) is 4.79 Å². The third-order valence-electron chi connectivity index (χ3n) is 4.25. The number of carbonyl (C=O) groups excluding carboxylic acids is 1. The molecule has 0 spiro atoms. The minimum atomic E-state index is -1.08. The van der Waals surface area contributed by atoms with Crippen LogP contribution >= 0.6 is 0 Å². The molecule has 0 saturated heterocycles. The third-order valence-corrected chi connectivity index (χ3v) is 4.25. The molecule has 0 radical (unpaired) electrons. The average Bonchev–Trinajstić information content (AvgIpc) is 2.69. The number of ether oxygens (including phenoxy) is 1. The monoisotopic (exact) mass is 346 g/mol. The number of ketones is 1. The third kappa shape index (κ3) is 3.49. The SMILES string of the molecule is COc1ccc(C(=O)O)c(C(C(=O)c2ccccc2)c2ccccc2)c1. The molecule has 4 nitrogen and oxygen atoms in total. The van der Waals surface area contributed by atoms with Crippen molar-refractivity contribution in [1.29, 1.82) is 0 Å². The first-order chi connectivity index (χ1) is 12.6. The van der Waals surface area contributed by atoms with Crippen molar-refractivity contribution in [3.8, 4) is 5.75 Å². The lowest BCUT2D eigenvalue weighted by Crippen LogP contribution is -2.18. The van der Waals surface area contributed by atoms with Crippen LogP contribution in [0.15, 0.2) is 78.9 Å². The van der Waals surface area contributed by atoms with Gasteiger partial charge in [-0.15, -0.1) is 0 Å². The number of methoxy groups -OCH3 is 1. The number of carboxylic acids is 1. The molecule has 130 valence electrons. The van der Waals surface area contributed by atoms with E-state index in [1.807, 2.05) is 36.4 Å². The van der Waals surface area contributed by atoms with Crippen LogP contribution in [-0.2, 0) is 0 Å². The van der Waals surface area contributed by atoms with Crippen molar-refractivity contribution >= 4 is 11.8 Å². The van der Waals surface area contributed by atoms with Gasteiger partial charge in [0.05, 0.1) is 18.6 Å². The van der Waals surface area contributed by atoms with Gasteiger partial charge in [0.1, 0.15) is 5.75 Å². The number of benzene rings is 3. The summed E-state index contributed by atoms with van der Waals surface area (Å²) < 4.78 is 5.26. The summed E-state index contributed by atoms with van der Waals surface area (Å²) >= 11 is 0. The predicted octanol–water partition coefficient (Wildman–Crippen LogP) is 4.41. The highest BCUT2D eigenvalue weighted by Crippen LogP contribution is 2.33. The van der Waals surface area contributed by atoms with Crippen LogP contribution in [-0.4, -0.2) is 24.0 Å². The molecule has 0 fully saturated rings. The molecule has 1 unspecified atom stereocenters. The Hall–Kier alpha value is -3.40. The van der Waals surface area contributed by atoms with E-state index in [9.17, 15) is 14.7 Å². The zero-order valence-corrected chi connectivity index (χ0v) is 14.3. The van der Waals surface area contributed by atoms with E-state index in [-0.39, 0.29) is 11.3 Å². The molecular weight excluding hydrogens is 328 g/mol. The number of hydrogen-bond acceptors (Lipinski definition) is 3. The molecule has 0 aliphatic heterocycles. The van der Waals surface area contributed by atoms with E-state index >= 15 is 0 Å². The molecular formula is C22H18O4. The number of rotatable bonds is 6. The lowest BCUT2D eigenvalue weighted by molar-refractivity contribution is 0.0695. The lowest BCUT2D eigenvalue weighted by atomic mass is 9.82. The standard InChI is InChI=1S/C22H18O4/c1-26-17-12-13-18(22(24)25)19(14-17)20(15-8-4-2-5-9-15)21(23)16-10-6-3-7-11-16/h2-14,20H,1H3,(H,24,25). The van der Waals surface area contributed by atoms with Gasteiger partial charge in [-0.05, 0) is 29.3 Å². The fourth-order valence-electron chi connectivity index (χ4n) is 2.99. The first-order valence-electron chi connectivity index (χ1n) is 8.17.